The number of nitrogen functional groups attached to an aromatic ring is 1. The summed E-state index contributed by atoms with van der Waals surface area (Å²) in [6, 6.07) is 8.41. The van der Waals surface area contributed by atoms with Crippen LogP contribution in [-0.2, 0) is 6.42 Å². The highest BCUT2D eigenvalue weighted by atomic mass is 15.3. The van der Waals surface area contributed by atoms with Crippen LogP contribution < -0.4 is 16.6 Å². The monoisotopic (exact) mass is 283 g/mol. The van der Waals surface area contributed by atoms with Crippen LogP contribution in [0.25, 0.3) is 0 Å². The first-order valence-electron chi connectivity index (χ1n) is 7.42. The molecule has 1 saturated carbocycles. The fourth-order valence-corrected chi connectivity index (χ4v) is 2.28. The summed E-state index contributed by atoms with van der Waals surface area (Å²) in [5.74, 6) is 8.45. The van der Waals surface area contributed by atoms with Gasteiger partial charge in [0.25, 0.3) is 0 Å². The number of nitrogens with two attached hydrogens (primary N) is 1. The summed E-state index contributed by atoms with van der Waals surface area (Å²) in [6.07, 6.45) is 3.37. The Morgan fingerprint density at radius 3 is 2.38 bits per heavy atom. The standard InChI is InChI=1S/C16H21N5/c1-3-11-4-8-13(9-5-11)18-14-10(2)15(21-17)20-16(19-14)12-6-7-12/h4-5,8-9,12H,3,6-7,17H2,1-2H3,(H2,18,19,20,21). The quantitative estimate of drug-likeness (QED) is 0.580. The van der Waals surface area contributed by atoms with Crippen LogP contribution in [0.2, 0.25) is 0 Å². The van der Waals surface area contributed by atoms with Gasteiger partial charge in [-0.1, -0.05) is 19.1 Å². The van der Waals surface area contributed by atoms with Crippen molar-refractivity contribution >= 4 is 17.3 Å². The molecule has 110 valence electrons. The maximum atomic E-state index is 5.57. The molecule has 5 nitrogen and oxygen atoms in total. The van der Waals surface area contributed by atoms with Crippen LogP contribution in [0.4, 0.5) is 17.3 Å². The predicted octanol–water partition coefficient (Wildman–Crippen LogP) is 3.25. The molecule has 3 rings (SSSR count). The number of hydrogen-bond donors (Lipinski definition) is 3. The maximum absolute atomic E-state index is 5.57. The summed E-state index contributed by atoms with van der Waals surface area (Å²) in [5.41, 5.74) is 5.95. The van der Waals surface area contributed by atoms with Crippen LogP contribution in [0.3, 0.4) is 0 Å². The SMILES string of the molecule is CCc1ccc(Nc2nc(C3CC3)nc(NN)c2C)cc1. The molecule has 0 spiro atoms. The molecular formula is C16H21N5. The fraction of sp³-hybridized carbons (Fsp3) is 0.375. The third-order valence-corrected chi connectivity index (χ3v) is 3.87. The topological polar surface area (TPSA) is 75.9 Å². The van der Waals surface area contributed by atoms with Crippen molar-refractivity contribution in [2.45, 2.75) is 39.0 Å². The lowest BCUT2D eigenvalue weighted by Crippen LogP contribution is -2.13. The molecule has 0 saturated heterocycles. The van der Waals surface area contributed by atoms with Crippen LogP contribution in [0.5, 0.6) is 0 Å². The van der Waals surface area contributed by atoms with E-state index >= 15 is 0 Å². The highest BCUT2D eigenvalue weighted by Crippen LogP contribution is 2.39. The van der Waals surface area contributed by atoms with Crippen LogP contribution in [-0.4, -0.2) is 9.97 Å². The predicted molar refractivity (Wildman–Crippen MR) is 85.7 cm³/mol. The molecule has 21 heavy (non-hydrogen) atoms. The molecular weight excluding hydrogens is 262 g/mol. The number of nitrogens with zero attached hydrogens (tertiary/aromatic N) is 2. The minimum absolute atomic E-state index is 0.487. The molecule has 0 atom stereocenters. The minimum atomic E-state index is 0.487. The Hall–Kier alpha value is -2.14. The molecule has 1 aliphatic carbocycles. The third-order valence-electron chi connectivity index (χ3n) is 3.87. The number of hydrazine groups is 1. The van der Waals surface area contributed by atoms with Gasteiger partial charge in [0.05, 0.1) is 0 Å². The number of benzene rings is 1. The number of anilines is 3. The summed E-state index contributed by atoms with van der Waals surface area (Å²) in [7, 11) is 0. The molecule has 1 heterocycles. The lowest BCUT2D eigenvalue weighted by molar-refractivity contribution is 0.920. The van der Waals surface area contributed by atoms with Gasteiger partial charge in [-0.2, -0.15) is 0 Å². The average molecular weight is 283 g/mol. The molecule has 1 aliphatic rings. The van der Waals surface area contributed by atoms with E-state index in [1.165, 1.54) is 5.56 Å². The van der Waals surface area contributed by atoms with E-state index < -0.39 is 0 Å². The zero-order valence-electron chi connectivity index (χ0n) is 12.5. The van der Waals surface area contributed by atoms with E-state index in [-0.39, 0.29) is 0 Å². The lowest BCUT2D eigenvalue weighted by atomic mass is 10.1. The average Bonchev–Trinajstić information content (AvgIpc) is 3.35. The number of nitrogens with one attached hydrogen (secondary N) is 2. The van der Waals surface area contributed by atoms with Crippen LogP contribution in [0.15, 0.2) is 24.3 Å². The number of aryl methyl sites for hydroxylation is 1. The van der Waals surface area contributed by atoms with Gasteiger partial charge in [0.1, 0.15) is 17.5 Å². The van der Waals surface area contributed by atoms with Gasteiger partial charge in [0.15, 0.2) is 0 Å². The molecule has 2 aromatic rings. The van der Waals surface area contributed by atoms with Gasteiger partial charge in [-0.15, -0.1) is 0 Å². The van der Waals surface area contributed by atoms with Crippen LogP contribution in [0, 0.1) is 6.92 Å². The summed E-state index contributed by atoms with van der Waals surface area (Å²) in [4.78, 5) is 9.16. The zero-order chi connectivity index (χ0) is 14.8. The van der Waals surface area contributed by atoms with Gasteiger partial charge in [-0.3, -0.25) is 0 Å². The van der Waals surface area contributed by atoms with E-state index in [4.69, 9.17) is 5.84 Å². The smallest absolute Gasteiger partial charge is 0.148 e. The Labute approximate surface area is 125 Å². The first-order chi connectivity index (χ1) is 10.2. The van der Waals surface area contributed by atoms with Crippen molar-refractivity contribution in [2.75, 3.05) is 10.7 Å². The summed E-state index contributed by atoms with van der Waals surface area (Å²) >= 11 is 0. The van der Waals surface area contributed by atoms with Crippen molar-refractivity contribution in [2.24, 2.45) is 5.84 Å². The molecule has 0 unspecified atom stereocenters. The van der Waals surface area contributed by atoms with E-state index in [0.29, 0.717) is 11.7 Å². The van der Waals surface area contributed by atoms with Crippen molar-refractivity contribution in [1.82, 2.24) is 9.97 Å². The van der Waals surface area contributed by atoms with Crippen LogP contribution in [0.1, 0.15) is 42.6 Å². The van der Waals surface area contributed by atoms with Crippen molar-refractivity contribution in [3.63, 3.8) is 0 Å². The van der Waals surface area contributed by atoms with E-state index in [9.17, 15) is 0 Å². The van der Waals surface area contributed by atoms with Gasteiger partial charge < -0.3 is 10.7 Å². The van der Waals surface area contributed by atoms with Crippen molar-refractivity contribution < 1.29 is 0 Å². The normalized spacial score (nSPS) is 14.0. The molecule has 1 aromatic carbocycles. The molecule has 0 aliphatic heterocycles. The first kappa shape index (κ1) is 13.8. The maximum Gasteiger partial charge on any atom is 0.148 e. The van der Waals surface area contributed by atoms with Gasteiger partial charge in [0.2, 0.25) is 0 Å². The van der Waals surface area contributed by atoms with Crippen molar-refractivity contribution in [3.05, 3.63) is 41.2 Å². The number of hydrogen-bond acceptors (Lipinski definition) is 5. The summed E-state index contributed by atoms with van der Waals surface area (Å²) in [6.45, 7) is 4.12. The van der Waals surface area contributed by atoms with E-state index in [2.05, 4.69) is 51.9 Å². The lowest BCUT2D eigenvalue weighted by Gasteiger charge is -2.13. The van der Waals surface area contributed by atoms with E-state index in [0.717, 1.165) is 42.2 Å². The fourth-order valence-electron chi connectivity index (χ4n) is 2.28. The molecule has 4 N–H and O–H groups in total. The molecule has 1 aromatic heterocycles. The van der Waals surface area contributed by atoms with Crippen molar-refractivity contribution in [1.29, 1.82) is 0 Å². The molecule has 0 amide bonds. The Morgan fingerprint density at radius 2 is 1.81 bits per heavy atom. The Balaban J connectivity index is 1.90. The van der Waals surface area contributed by atoms with E-state index in [1.807, 2.05) is 6.92 Å². The zero-order valence-corrected chi connectivity index (χ0v) is 12.5. The molecule has 5 heteroatoms. The Bertz CT molecular complexity index is 632. The van der Waals surface area contributed by atoms with Gasteiger partial charge in [-0.05, 0) is 43.9 Å². The second-order valence-corrected chi connectivity index (χ2v) is 5.50. The molecule has 0 radical (unpaired) electrons. The summed E-state index contributed by atoms with van der Waals surface area (Å²) in [5, 5.41) is 3.37. The number of rotatable bonds is 5. The second kappa shape index (κ2) is 5.69. The van der Waals surface area contributed by atoms with Gasteiger partial charge in [-0.25, -0.2) is 15.8 Å². The third kappa shape index (κ3) is 2.97. The van der Waals surface area contributed by atoms with Gasteiger partial charge in [0, 0.05) is 17.2 Å². The largest absolute Gasteiger partial charge is 0.340 e. The highest BCUT2D eigenvalue weighted by Gasteiger charge is 2.28. The molecule has 1 fully saturated rings. The van der Waals surface area contributed by atoms with E-state index in [1.54, 1.807) is 0 Å². The van der Waals surface area contributed by atoms with Gasteiger partial charge >= 0.3 is 0 Å². The first-order valence-corrected chi connectivity index (χ1v) is 7.42. The highest BCUT2D eigenvalue weighted by molar-refractivity contribution is 5.64. The minimum Gasteiger partial charge on any atom is -0.340 e. The number of aromatic nitrogens is 2. The Morgan fingerprint density at radius 1 is 1.14 bits per heavy atom. The molecule has 0 bridgehead atoms. The van der Waals surface area contributed by atoms with Crippen molar-refractivity contribution in [3.8, 4) is 0 Å². The Kier molecular flexibility index (Phi) is 3.75. The summed E-state index contributed by atoms with van der Waals surface area (Å²) < 4.78 is 0. The second-order valence-electron chi connectivity index (χ2n) is 5.50. The van der Waals surface area contributed by atoms with Crippen LogP contribution >= 0.6 is 0 Å².